The van der Waals surface area contributed by atoms with Crippen LogP contribution in [-0.2, 0) is 11.3 Å². The molecule has 1 aromatic rings. The lowest BCUT2D eigenvalue weighted by Gasteiger charge is -2.14. The number of aromatic nitrogens is 1. The molecule has 0 bridgehead atoms. The molecule has 2 nitrogen and oxygen atoms in total. The van der Waals surface area contributed by atoms with Crippen molar-refractivity contribution < 1.29 is 26.3 Å². The first-order chi connectivity index (χ1) is 5.77. The maximum absolute atomic E-state index is 11.2. The van der Waals surface area contributed by atoms with E-state index in [1.807, 2.05) is 22.9 Å². The van der Waals surface area contributed by atoms with Crippen molar-refractivity contribution in [2.75, 3.05) is 0 Å². The average molecular weight is 242 g/mol. The molecule has 0 radical (unpaired) electrons. The fraction of sp³-hybridized carbons (Fsp3) is 0.400. The lowest BCUT2D eigenvalue weighted by molar-refractivity contribution is -0.696. The molecule has 2 heterocycles. The van der Waals surface area contributed by atoms with E-state index in [-0.39, 0.29) is 17.0 Å². The van der Waals surface area contributed by atoms with E-state index in [0.29, 0.717) is 24.7 Å². The SMILES string of the molecule is CC1CC(=O)C[n+]2ccccc21.[Br-]. The minimum atomic E-state index is 0. The molecule has 2 rings (SSSR count). The van der Waals surface area contributed by atoms with Crippen LogP contribution >= 0.6 is 0 Å². The van der Waals surface area contributed by atoms with E-state index in [4.69, 9.17) is 0 Å². The number of ketones is 1. The van der Waals surface area contributed by atoms with E-state index in [1.54, 1.807) is 0 Å². The summed E-state index contributed by atoms with van der Waals surface area (Å²) in [6.45, 7) is 2.66. The van der Waals surface area contributed by atoms with Gasteiger partial charge in [0.15, 0.2) is 17.7 Å². The summed E-state index contributed by atoms with van der Waals surface area (Å²) in [6.07, 6.45) is 2.67. The van der Waals surface area contributed by atoms with Crippen molar-refractivity contribution in [2.45, 2.75) is 25.8 Å². The summed E-state index contributed by atoms with van der Waals surface area (Å²) in [5, 5.41) is 0. The lowest BCUT2D eigenvalue weighted by Crippen LogP contribution is -3.00. The summed E-state index contributed by atoms with van der Waals surface area (Å²) >= 11 is 0. The zero-order chi connectivity index (χ0) is 8.55. The lowest BCUT2D eigenvalue weighted by atomic mass is 9.96. The predicted octanol–water partition coefficient (Wildman–Crippen LogP) is -1.95. The van der Waals surface area contributed by atoms with Crippen molar-refractivity contribution in [3.8, 4) is 0 Å². The van der Waals surface area contributed by atoms with Crippen molar-refractivity contribution in [1.29, 1.82) is 0 Å². The molecule has 0 amide bonds. The highest BCUT2D eigenvalue weighted by molar-refractivity contribution is 5.78. The van der Waals surface area contributed by atoms with Gasteiger partial charge in [0.1, 0.15) is 0 Å². The van der Waals surface area contributed by atoms with Gasteiger partial charge < -0.3 is 17.0 Å². The van der Waals surface area contributed by atoms with E-state index in [0.717, 1.165) is 0 Å². The molecule has 0 aliphatic carbocycles. The number of Topliss-reactive ketones (excluding diaryl/α,β-unsaturated/α-hetero) is 1. The number of carbonyl (C=O) groups is 1. The van der Waals surface area contributed by atoms with Gasteiger partial charge >= 0.3 is 0 Å². The summed E-state index contributed by atoms with van der Waals surface area (Å²) in [4.78, 5) is 11.2. The Labute approximate surface area is 88.4 Å². The predicted molar refractivity (Wildman–Crippen MR) is 44.7 cm³/mol. The van der Waals surface area contributed by atoms with Crippen LogP contribution in [0.2, 0.25) is 0 Å². The molecule has 70 valence electrons. The number of rotatable bonds is 0. The van der Waals surface area contributed by atoms with Gasteiger partial charge in [0.25, 0.3) is 0 Å². The molecule has 0 saturated carbocycles. The quantitative estimate of drug-likeness (QED) is 0.485. The van der Waals surface area contributed by atoms with Crippen LogP contribution in [0.15, 0.2) is 24.4 Å². The fourth-order valence-electron chi connectivity index (χ4n) is 1.78. The Kier molecular flexibility index (Phi) is 3.20. The van der Waals surface area contributed by atoms with Gasteiger partial charge in [-0.2, -0.15) is 4.57 Å². The van der Waals surface area contributed by atoms with Crippen LogP contribution in [-0.4, -0.2) is 5.78 Å². The van der Waals surface area contributed by atoms with Crippen molar-refractivity contribution in [3.63, 3.8) is 0 Å². The highest BCUT2D eigenvalue weighted by atomic mass is 79.9. The molecule has 0 N–H and O–H groups in total. The molecular formula is C10H12BrNO. The Balaban J connectivity index is 0.000000845. The molecule has 1 aliphatic rings. The van der Waals surface area contributed by atoms with Crippen LogP contribution in [0.3, 0.4) is 0 Å². The second kappa shape index (κ2) is 4.01. The van der Waals surface area contributed by atoms with E-state index < -0.39 is 0 Å². The van der Waals surface area contributed by atoms with Gasteiger partial charge in [0.2, 0.25) is 6.54 Å². The Morgan fingerprint density at radius 1 is 1.46 bits per heavy atom. The van der Waals surface area contributed by atoms with Crippen LogP contribution in [0, 0.1) is 0 Å². The molecule has 13 heavy (non-hydrogen) atoms. The van der Waals surface area contributed by atoms with Gasteiger partial charge in [-0.25, -0.2) is 0 Å². The summed E-state index contributed by atoms with van der Waals surface area (Å²) in [7, 11) is 0. The van der Waals surface area contributed by atoms with Gasteiger partial charge in [-0.1, -0.05) is 13.0 Å². The smallest absolute Gasteiger partial charge is 0.206 e. The van der Waals surface area contributed by atoms with Gasteiger partial charge in [0.05, 0.1) is 0 Å². The number of fused-ring (bicyclic) bond motifs is 1. The number of halogens is 1. The monoisotopic (exact) mass is 241 g/mol. The highest BCUT2D eigenvalue weighted by Crippen LogP contribution is 2.18. The molecule has 0 spiro atoms. The molecule has 3 heteroatoms. The second-order valence-corrected chi connectivity index (χ2v) is 3.40. The number of pyridine rings is 1. The van der Waals surface area contributed by atoms with Crippen molar-refractivity contribution >= 4 is 5.78 Å². The summed E-state index contributed by atoms with van der Waals surface area (Å²) in [5.41, 5.74) is 1.28. The number of hydrogen-bond acceptors (Lipinski definition) is 1. The van der Waals surface area contributed by atoms with E-state index in [2.05, 4.69) is 13.0 Å². The molecule has 0 aromatic carbocycles. The minimum Gasteiger partial charge on any atom is -1.00 e. The summed E-state index contributed by atoms with van der Waals surface area (Å²) in [6, 6.07) is 6.09. The Bertz CT molecular complexity index is 324. The third-order valence-corrected chi connectivity index (χ3v) is 2.36. The van der Waals surface area contributed by atoms with Crippen molar-refractivity contribution in [3.05, 3.63) is 30.1 Å². The number of hydrogen-bond donors (Lipinski definition) is 0. The average Bonchev–Trinajstić information content (AvgIpc) is 2.04. The minimum absolute atomic E-state index is 0. The summed E-state index contributed by atoms with van der Waals surface area (Å²) in [5.74, 6) is 0.721. The first-order valence-corrected chi connectivity index (χ1v) is 4.27. The fourth-order valence-corrected chi connectivity index (χ4v) is 1.78. The van der Waals surface area contributed by atoms with E-state index in [1.165, 1.54) is 5.69 Å². The van der Waals surface area contributed by atoms with Gasteiger partial charge in [-0.3, -0.25) is 4.79 Å². The van der Waals surface area contributed by atoms with Crippen LogP contribution in [0.1, 0.15) is 25.0 Å². The summed E-state index contributed by atoms with van der Waals surface area (Å²) < 4.78 is 2.04. The second-order valence-electron chi connectivity index (χ2n) is 3.40. The normalized spacial score (nSPS) is 20.4. The van der Waals surface area contributed by atoms with Crippen LogP contribution in [0.25, 0.3) is 0 Å². The maximum Gasteiger partial charge on any atom is 0.206 e. The molecule has 0 saturated heterocycles. The number of nitrogens with zero attached hydrogens (tertiary/aromatic N) is 1. The van der Waals surface area contributed by atoms with Crippen LogP contribution in [0.5, 0.6) is 0 Å². The topological polar surface area (TPSA) is 20.9 Å². The van der Waals surface area contributed by atoms with Gasteiger partial charge in [0, 0.05) is 24.5 Å². The molecule has 1 atom stereocenters. The van der Waals surface area contributed by atoms with E-state index in [9.17, 15) is 4.79 Å². The Morgan fingerprint density at radius 2 is 2.23 bits per heavy atom. The first kappa shape index (κ1) is 10.4. The molecule has 0 fully saturated rings. The third-order valence-electron chi connectivity index (χ3n) is 2.36. The van der Waals surface area contributed by atoms with Crippen LogP contribution in [0.4, 0.5) is 0 Å². The van der Waals surface area contributed by atoms with Gasteiger partial charge in [-0.15, -0.1) is 0 Å². The molecule has 1 unspecified atom stereocenters. The zero-order valence-corrected chi connectivity index (χ0v) is 9.12. The zero-order valence-electron chi connectivity index (χ0n) is 7.53. The Morgan fingerprint density at radius 3 is 3.00 bits per heavy atom. The van der Waals surface area contributed by atoms with Crippen molar-refractivity contribution in [1.82, 2.24) is 0 Å². The highest BCUT2D eigenvalue weighted by Gasteiger charge is 2.27. The standard InChI is InChI=1S/C10H12NO.BrH/c1-8-6-9(12)7-11-5-3-2-4-10(8)11;/h2-5,8H,6-7H2,1H3;1H/q+1;/p-1. The van der Waals surface area contributed by atoms with Crippen LogP contribution < -0.4 is 21.5 Å². The van der Waals surface area contributed by atoms with Crippen molar-refractivity contribution in [2.24, 2.45) is 0 Å². The maximum atomic E-state index is 11.2. The largest absolute Gasteiger partial charge is 1.00 e. The molecule has 1 aliphatic heterocycles. The Hall–Kier alpha value is -0.700. The number of carbonyl (C=O) groups excluding carboxylic acids is 1. The van der Waals surface area contributed by atoms with E-state index >= 15 is 0 Å². The first-order valence-electron chi connectivity index (χ1n) is 4.27. The van der Waals surface area contributed by atoms with Gasteiger partial charge in [-0.05, 0) is 0 Å². The third kappa shape index (κ3) is 1.97. The molecule has 1 aromatic heterocycles. The molecular weight excluding hydrogens is 230 g/mol.